The molecular formula is C32H45Br2NO6. The van der Waals surface area contributed by atoms with E-state index in [9.17, 15) is 19.7 Å². The van der Waals surface area contributed by atoms with Gasteiger partial charge in [0.2, 0.25) is 0 Å². The summed E-state index contributed by atoms with van der Waals surface area (Å²) in [6.45, 7) is -9.37. The first-order valence-electron chi connectivity index (χ1n) is 20.9. The standard InChI is InChI=1S/C16H22BrNO4.C16H23BrO2/c1-9(19)22-14-11(16(5,6)7)8-10(15(2,3)4)13(12(14)17)18(20)21;1-10(18)19-14-12(16(5,6)7)8-11(9-13(14)17)15(2,3)4/h8H,1-7H3;8-9H,1-7H3/i2*5D3,6D3,7D3. The van der Waals surface area contributed by atoms with Crippen molar-refractivity contribution in [2.75, 3.05) is 0 Å². The quantitative estimate of drug-likeness (QED) is 0.136. The molecule has 0 atom stereocenters. The first kappa shape index (κ1) is 17.1. The van der Waals surface area contributed by atoms with Crippen molar-refractivity contribution in [2.24, 2.45) is 0 Å². The molecule has 0 heterocycles. The Morgan fingerprint density at radius 1 is 0.732 bits per heavy atom. The Bertz CT molecular complexity index is 1860. The van der Waals surface area contributed by atoms with Gasteiger partial charge < -0.3 is 9.47 Å². The monoisotopic (exact) mass is 715 g/mol. The molecule has 0 N–H and O–H groups in total. The number of esters is 2. The molecule has 228 valence electrons. The van der Waals surface area contributed by atoms with Gasteiger partial charge in [0.25, 0.3) is 5.69 Å². The van der Waals surface area contributed by atoms with Crippen LogP contribution >= 0.6 is 31.9 Å². The Balaban J connectivity index is 0.000000593. The van der Waals surface area contributed by atoms with E-state index < -0.39 is 112 Å². The van der Waals surface area contributed by atoms with Gasteiger partial charge in [0.15, 0.2) is 5.75 Å². The van der Waals surface area contributed by atoms with Crippen molar-refractivity contribution in [1.82, 2.24) is 0 Å². The number of hydrogen-bond acceptors (Lipinski definition) is 6. The zero-order valence-corrected chi connectivity index (χ0v) is 27.1. The van der Waals surface area contributed by atoms with Gasteiger partial charge in [0, 0.05) is 55.2 Å². The van der Waals surface area contributed by atoms with Crippen molar-refractivity contribution in [3.8, 4) is 11.5 Å². The number of nitro groups is 1. The van der Waals surface area contributed by atoms with Gasteiger partial charge in [-0.1, -0.05) is 88.7 Å². The minimum atomic E-state index is -3.65. The Morgan fingerprint density at radius 2 is 1.17 bits per heavy atom. The third kappa shape index (κ3) is 9.91. The molecule has 2 aromatic carbocycles. The minimum Gasteiger partial charge on any atom is -0.425 e. The third-order valence-electron chi connectivity index (χ3n) is 5.40. The Kier molecular flexibility index (Phi) is 5.41. The van der Waals surface area contributed by atoms with Crippen LogP contribution in [0.1, 0.15) is 143 Å². The van der Waals surface area contributed by atoms with Gasteiger partial charge in [-0.25, -0.2) is 0 Å². The number of benzene rings is 2. The second-order valence-electron chi connectivity index (χ2n) is 11.2. The van der Waals surface area contributed by atoms with Gasteiger partial charge in [0.1, 0.15) is 10.2 Å². The van der Waals surface area contributed by atoms with Crippen LogP contribution in [0.15, 0.2) is 27.1 Å². The summed E-state index contributed by atoms with van der Waals surface area (Å²) >= 11 is 6.11. The van der Waals surface area contributed by atoms with Crippen molar-refractivity contribution in [3.05, 3.63) is 59.5 Å². The highest BCUT2D eigenvalue weighted by molar-refractivity contribution is 9.11. The number of nitrogens with zero attached hydrogens (tertiary/aromatic N) is 1. The highest BCUT2D eigenvalue weighted by atomic mass is 79.9. The van der Waals surface area contributed by atoms with Crippen molar-refractivity contribution in [1.29, 1.82) is 0 Å². The lowest BCUT2D eigenvalue weighted by atomic mass is 9.79. The van der Waals surface area contributed by atoms with Crippen molar-refractivity contribution in [3.63, 3.8) is 0 Å². The fraction of sp³-hybridized carbons (Fsp3) is 0.562. The number of nitro benzene ring substituents is 1. The molecule has 0 spiro atoms. The van der Waals surface area contributed by atoms with E-state index in [0.29, 0.717) is 5.56 Å². The molecule has 0 saturated carbocycles. The molecule has 7 nitrogen and oxygen atoms in total. The molecule has 0 aliphatic heterocycles. The molecule has 0 aliphatic rings. The fourth-order valence-electron chi connectivity index (χ4n) is 3.45. The maximum absolute atomic E-state index is 11.8. The summed E-state index contributed by atoms with van der Waals surface area (Å²) in [5.74, 6) is -3.17. The summed E-state index contributed by atoms with van der Waals surface area (Å²) < 4.78 is 152. The van der Waals surface area contributed by atoms with Crippen molar-refractivity contribution in [2.45, 2.75) is 118 Å². The van der Waals surface area contributed by atoms with Crippen LogP contribution < -0.4 is 9.47 Å². The number of carbonyl (C=O) groups is 2. The van der Waals surface area contributed by atoms with E-state index in [2.05, 4.69) is 31.9 Å². The smallest absolute Gasteiger partial charge is 0.308 e. The van der Waals surface area contributed by atoms with Crippen LogP contribution in [0.5, 0.6) is 11.5 Å². The van der Waals surface area contributed by atoms with Crippen LogP contribution in [0.3, 0.4) is 0 Å². The molecule has 2 aromatic rings. The van der Waals surface area contributed by atoms with Crippen molar-refractivity contribution < 1.29 is 48.7 Å². The molecule has 41 heavy (non-hydrogen) atoms. The molecule has 0 amide bonds. The number of carbonyl (C=O) groups excluding carboxylic acids is 2. The highest BCUT2D eigenvalue weighted by Gasteiger charge is 2.35. The summed E-state index contributed by atoms with van der Waals surface area (Å²) in [5.41, 5.74) is -10.1. The lowest BCUT2D eigenvalue weighted by molar-refractivity contribution is -0.386. The highest BCUT2D eigenvalue weighted by Crippen LogP contribution is 2.47. The second kappa shape index (κ2) is 12.9. The van der Waals surface area contributed by atoms with E-state index in [1.807, 2.05) is 0 Å². The van der Waals surface area contributed by atoms with Crippen LogP contribution in [0.2, 0.25) is 0 Å². The third-order valence-corrected chi connectivity index (χ3v) is 6.72. The van der Waals surface area contributed by atoms with Crippen molar-refractivity contribution >= 4 is 49.5 Å². The molecule has 0 fully saturated rings. The normalized spacial score (nSPS) is 20.6. The topological polar surface area (TPSA) is 95.7 Å². The average Bonchev–Trinajstić information content (AvgIpc) is 2.90. The summed E-state index contributed by atoms with van der Waals surface area (Å²) in [4.78, 5) is 34.3. The number of ether oxygens (including phenoxy) is 2. The van der Waals surface area contributed by atoms with Gasteiger partial charge in [-0.2, -0.15) is 0 Å². The maximum Gasteiger partial charge on any atom is 0.308 e. The molecule has 0 aliphatic carbocycles. The summed E-state index contributed by atoms with van der Waals surface area (Å²) in [6, 6.07) is 3.59. The average molecular weight is 718 g/mol. The molecule has 9 heteroatoms. The van der Waals surface area contributed by atoms with Gasteiger partial charge in [-0.3, -0.25) is 19.7 Å². The fourth-order valence-corrected chi connectivity index (χ4v) is 4.64. The van der Waals surface area contributed by atoms with E-state index in [4.69, 9.17) is 34.1 Å². The maximum atomic E-state index is 11.8. The first-order valence-corrected chi connectivity index (χ1v) is 13.5. The lowest BCUT2D eigenvalue weighted by Crippen LogP contribution is -2.21. The number of hydrogen-bond donors (Lipinski definition) is 0. The van der Waals surface area contributed by atoms with Gasteiger partial charge in [0.05, 0.1) is 9.40 Å². The Hall–Kier alpha value is -2.26. The Labute approximate surface area is 287 Å². The minimum absolute atomic E-state index is 0.0900. The predicted octanol–water partition coefficient (Wildman–Crippen LogP) is 9.85. The molecule has 0 bridgehead atoms. The first-order chi connectivity index (χ1) is 25.7. The lowest BCUT2D eigenvalue weighted by Gasteiger charge is -2.27. The van der Waals surface area contributed by atoms with Crippen LogP contribution in [-0.2, 0) is 31.2 Å². The summed E-state index contributed by atoms with van der Waals surface area (Å²) in [6.07, 6.45) is 0. The Morgan fingerprint density at radius 3 is 1.54 bits per heavy atom. The van der Waals surface area contributed by atoms with E-state index in [1.54, 1.807) is 47.6 Å². The van der Waals surface area contributed by atoms with E-state index >= 15 is 0 Å². The molecule has 2 rings (SSSR count). The van der Waals surface area contributed by atoms with Crippen LogP contribution in [0.25, 0.3) is 0 Å². The molecule has 0 radical (unpaired) electrons. The van der Waals surface area contributed by atoms with Gasteiger partial charge in [-0.15, -0.1) is 0 Å². The zero-order valence-electron chi connectivity index (χ0n) is 41.9. The van der Waals surface area contributed by atoms with E-state index in [1.165, 1.54) is 6.07 Å². The summed E-state index contributed by atoms with van der Waals surface area (Å²) in [7, 11) is 0. The molecule has 0 saturated heterocycles. The van der Waals surface area contributed by atoms with Gasteiger partial charge in [-0.05, 0) is 71.2 Å². The largest absolute Gasteiger partial charge is 0.425 e. The zero-order chi connectivity index (χ0) is 47.5. The predicted molar refractivity (Wildman–Crippen MR) is 172 cm³/mol. The molecular weight excluding hydrogens is 654 g/mol. The number of rotatable bonds is 3. The SMILES string of the molecule is [2H]C([2H])([2H])C(c1cc(C(C)(C)C)c([N+](=O)[O-])c(Br)c1OC(C)=O)(C([2H])([2H])[2H])C([2H])([2H])[2H].[2H]C([2H])([2H])C(c1cc(C(C)(C)C)cc(Br)c1OC(C)=O)(C([2H])([2H])[2H])C([2H])([2H])[2H]. The van der Waals surface area contributed by atoms with Crippen LogP contribution in [-0.4, -0.2) is 16.9 Å². The van der Waals surface area contributed by atoms with Crippen LogP contribution in [0.4, 0.5) is 5.69 Å². The molecule has 0 aromatic heterocycles. The van der Waals surface area contributed by atoms with Gasteiger partial charge >= 0.3 is 11.9 Å². The number of halogens is 2. The van der Waals surface area contributed by atoms with Crippen LogP contribution in [0, 0.1) is 10.1 Å². The van der Waals surface area contributed by atoms with E-state index in [0.717, 1.165) is 19.9 Å². The van der Waals surface area contributed by atoms with E-state index in [-0.39, 0.29) is 10.0 Å². The summed E-state index contributed by atoms with van der Waals surface area (Å²) in [5, 5.41) is 11.8. The second-order valence-corrected chi connectivity index (χ2v) is 12.9. The molecule has 0 unspecified atom stereocenters.